The van der Waals surface area contributed by atoms with Gasteiger partial charge in [-0.05, 0) is 33.0 Å². The summed E-state index contributed by atoms with van der Waals surface area (Å²) in [5.74, 6) is 0. The normalized spacial score (nSPS) is 13.5. The van der Waals surface area contributed by atoms with Crippen LogP contribution in [0.25, 0.3) is 0 Å². The van der Waals surface area contributed by atoms with E-state index in [0.717, 1.165) is 16.3 Å². The van der Waals surface area contributed by atoms with Gasteiger partial charge in [-0.2, -0.15) is 5.10 Å². The third-order valence-electron chi connectivity index (χ3n) is 3.03. The number of nitrogens with zero attached hydrogens (tertiary/aromatic N) is 2. The molecule has 0 aliphatic carbocycles. The number of nitrogens with one attached hydrogen (secondary N) is 2. The molecule has 0 fully saturated rings. The molecular formula is C13H20N4O2S2. The molecule has 0 spiro atoms. The molecule has 1 atom stereocenters. The Labute approximate surface area is 129 Å². The second-order valence-corrected chi connectivity index (χ2v) is 7.87. The molecule has 0 aliphatic rings. The van der Waals surface area contributed by atoms with Gasteiger partial charge < -0.3 is 5.32 Å². The Kier molecular flexibility index (Phi) is 5.15. The van der Waals surface area contributed by atoms with Gasteiger partial charge in [-0.3, -0.25) is 4.68 Å². The van der Waals surface area contributed by atoms with Crippen LogP contribution >= 0.6 is 11.3 Å². The third-order valence-corrected chi connectivity index (χ3v) is 5.71. The first-order valence-electron chi connectivity index (χ1n) is 6.68. The Morgan fingerprint density at radius 2 is 2.19 bits per heavy atom. The fourth-order valence-corrected chi connectivity index (χ4v) is 4.01. The predicted molar refractivity (Wildman–Crippen MR) is 83.9 cm³/mol. The summed E-state index contributed by atoms with van der Waals surface area (Å²) < 4.78 is 29.0. The number of sulfonamides is 1. The molecule has 0 amide bonds. The molecule has 2 rings (SSSR count). The maximum absolute atomic E-state index is 12.3. The number of rotatable bonds is 7. The Morgan fingerprint density at radius 3 is 2.81 bits per heavy atom. The number of likely N-dealkylation sites (N-methyl/N-ethyl adjacent to an activating group) is 1. The SMILES string of the molecule is CNCCn1cc(S(=O)(=O)NC(C)c2ccc(C)s2)cn1. The van der Waals surface area contributed by atoms with Crippen molar-refractivity contribution < 1.29 is 8.42 Å². The van der Waals surface area contributed by atoms with E-state index >= 15 is 0 Å². The molecule has 0 saturated carbocycles. The average Bonchev–Trinajstić information content (AvgIpc) is 3.05. The van der Waals surface area contributed by atoms with E-state index in [-0.39, 0.29) is 10.9 Å². The fourth-order valence-electron chi connectivity index (χ4n) is 1.88. The highest BCUT2D eigenvalue weighted by atomic mass is 32.2. The number of hydrogen-bond donors (Lipinski definition) is 2. The summed E-state index contributed by atoms with van der Waals surface area (Å²) >= 11 is 1.59. The van der Waals surface area contributed by atoms with Gasteiger partial charge in [0.05, 0.1) is 18.8 Å². The molecule has 0 aromatic carbocycles. The molecular weight excluding hydrogens is 308 g/mol. The maximum atomic E-state index is 12.3. The Balaban J connectivity index is 2.09. The zero-order valence-corrected chi connectivity index (χ0v) is 14.0. The van der Waals surface area contributed by atoms with Crippen LogP contribution in [0.2, 0.25) is 0 Å². The van der Waals surface area contributed by atoms with E-state index in [1.807, 2.05) is 33.0 Å². The van der Waals surface area contributed by atoms with E-state index in [1.165, 1.54) is 6.20 Å². The lowest BCUT2D eigenvalue weighted by Crippen LogP contribution is -2.26. The minimum atomic E-state index is -3.55. The Morgan fingerprint density at radius 1 is 1.43 bits per heavy atom. The summed E-state index contributed by atoms with van der Waals surface area (Å²) in [6, 6.07) is 3.68. The van der Waals surface area contributed by atoms with Crippen LogP contribution in [-0.4, -0.2) is 31.8 Å². The van der Waals surface area contributed by atoms with Crippen molar-refractivity contribution >= 4 is 21.4 Å². The van der Waals surface area contributed by atoms with Gasteiger partial charge >= 0.3 is 0 Å². The summed E-state index contributed by atoms with van der Waals surface area (Å²) in [5.41, 5.74) is 0. The van der Waals surface area contributed by atoms with Gasteiger partial charge in [0, 0.05) is 22.5 Å². The van der Waals surface area contributed by atoms with Crippen LogP contribution in [0.15, 0.2) is 29.4 Å². The van der Waals surface area contributed by atoms with Gasteiger partial charge in [-0.25, -0.2) is 13.1 Å². The number of thiophene rings is 1. The molecule has 2 aromatic rings. The minimum Gasteiger partial charge on any atom is -0.318 e. The summed E-state index contributed by atoms with van der Waals surface area (Å²) in [7, 11) is -1.71. The second kappa shape index (κ2) is 6.69. The zero-order chi connectivity index (χ0) is 15.5. The number of aromatic nitrogens is 2. The molecule has 116 valence electrons. The lowest BCUT2D eigenvalue weighted by atomic mass is 10.3. The average molecular weight is 328 g/mol. The van der Waals surface area contributed by atoms with Crippen molar-refractivity contribution in [2.45, 2.75) is 31.3 Å². The second-order valence-electron chi connectivity index (χ2n) is 4.83. The zero-order valence-electron chi connectivity index (χ0n) is 12.3. The molecule has 0 saturated heterocycles. The quantitative estimate of drug-likeness (QED) is 0.808. The largest absolute Gasteiger partial charge is 0.318 e. The molecule has 1 unspecified atom stereocenters. The van der Waals surface area contributed by atoms with E-state index in [0.29, 0.717) is 6.54 Å². The third kappa shape index (κ3) is 4.13. The van der Waals surface area contributed by atoms with Crippen LogP contribution in [0.3, 0.4) is 0 Å². The van der Waals surface area contributed by atoms with E-state index in [9.17, 15) is 8.42 Å². The minimum absolute atomic E-state index is 0.193. The highest BCUT2D eigenvalue weighted by molar-refractivity contribution is 7.89. The number of aryl methyl sites for hydroxylation is 1. The van der Waals surface area contributed by atoms with Gasteiger partial charge in [0.1, 0.15) is 4.90 Å². The van der Waals surface area contributed by atoms with Crippen molar-refractivity contribution in [2.24, 2.45) is 0 Å². The monoisotopic (exact) mass is 328 g/mol. The van der Waals surface area contributed by atoms with Crippen molar-refractivity contribution in [3.05, 3.63) is 34.3 Å². The van der Waals surface area contributed by atoms with Crippen LogP contribution < -0.4 is 10.0 Å². The van der Waals surface area contributed by atoms with Crippen LogP contribution in [0.4, 0.5) is 0 Å². The predicted octanol–water partition coefficient (Wildman–Crippen LogP) is 1.51. The molecule has 2 N–H and O–H groups in total. The van der Waals surface area contributed by atoms with Crippen LogP contribution in [0.1, 0.15) is 22.7 Å². The molecule has 0 bridgehead atoms. The first-order valence-corrected chi connectivity index (χ1v) is 8.98. The fraction of sp³-hybridized carbons (Fsp3) is 0.462. The van der Waals surface area contributed by atoms with Crippen molar-refractivity contribution in [3.63, 3.8) is 0 Å². The van der Waals surface area contributed by atoms with Crippen molar-refractivity contribution in [3.8, 4) is 0 Å². The van der Waals surface area contributed by atoms with Crippen LogP contribution in [-0.2, 0) is 16.6 Å². The van der Waals surface area contributed by atoms with Gasteiger partial charge in [-0.1, -0.05) is 0 Å². The molecule has 0 aliphatic heterocycles. The standard InChI is InChI=1S/C13H20N4O2S2/c1-10-4-5-13(20-10)11(2)16-21(18,19)12-8-15-17(9-12)7-6-14-3/h4-5,8-9,11,14,16H,6-7H2,1-3H3. The summed E-state index contributed by atoms with van der Waals surface area (Å²) in [6.45, 7) is 5.21. The van der Waals surface area contributed by atoms with Crippen LogP contribution in [0, 0.1) is 6.92 Å². The van der Waals surface area contributed by atoms with Gasteiger partial charge in [-0.15, -0.1) is 11.3 Å². The Hall–Kier alpha value is -1.22. The maximum Gasteiger partial charge on any atom is 0.244 e. The Bertz CT molecular complexity index is 691. The van der Waals surface area contributed by atoms with Crippen molar-refractivity contribution in [1.82, 2.24) is 19.8 Å². The van der Waals surface area contributed by atoms with Crippen molar-refractivity contribution in [2.75, 3.05) is 13.6 Å². The first-order chi connectivity index (χ1) is 9.92. The van der Waals surface area contributed by atoms with E-state index in [1.54, 1.807) is 22.2 Å². The number of hydrogen-bond acceptors (Lipinski definition) is 5. The molecule has 0 radical (unpaired) electrons. The highest BCUT2D eigenvalue weighted by Gasteiger charge is 2.20. The lowest BCUT2D eigenvalue weighted by molar-refractivity contribution is 0.566. The smallest absolute Gasteiger partial charge is 0.244 e. The van der Waals surface area contributed by atoms with E-state index in [2.05, 4.69) is 15.1 Å². The highest BCUT2D eigenvalue weighted by Crippen LogP contribution is 2.23. The molecule has 2 heterocycles. The molecule has 8 heteroatoms. The topological polar surface area (TPSA) is 76.0 Å². The molecule has 6 nitrogen and oxygen atoms in total. The first kappa shape index (κ1) is 16.2. The summed E-state index contributed by atoms with van der Waals surface area (Å²) in [4.78, 5) is 2.35. The summed E-state index contributed by atoms with van der Waals surface area (Å²) in [6.07, 6.45) is 2.93. The summed E-state index contributed by atoms with van der Waals surface area (Å²) in [5, 5.41) is 7.06. The van der Waals surface area contributed by atoms with Gasteiger partial charge in [0.15, 0.2) is 0 Å². The van der Waals surface area contributed by atoms with Crippen LogP contribution in [0.5, 0.6) is 0 Å². The van der Waals surface area contributed by atoms with Crippen molar-refractivity contribution in [1.29, 1.82) is 0 Å². The molecule has 21 heavy (non-hydrogen) atoms. The lowest BCUT2D eigenvalue weighted by Gasteiger charge is -2.11. The van der Waals surface area contributed by atoms with Gasteiger partial charge in [0.25, 0.3) is 0 Å². The molecule has 2 aromatic heterocycles. The van der Waals surface area contributed by atoms with Gasteiger partial charge in [0.2, 0.25) is 10.0 Å². The van der Waals surface area contributed by atoms with E-state index < -0.39 is 10.0 Å². The van der Waals surface area contributed by atoms with E-state index in [4.69, 9.17) is 0 Å².